The molecule has 1 fully saturated rings. The lowest BCUT2D eigenvalue weighted by molar-refractivity contribution is -0.149. The Bertz CT molecular complexity index is 232. The van der Waals surface area contributed by atoms with Gasteiger partial charge in [0.05, 0.1) is 5.92 Å². The Morgan fingerprint density at radius 1 is 1.36 bits per heavy atom. The normalized spacial score (nSPS) is 32.9. The Hall–Kier alpha value is -0.530. The number of hydrogen-bond acceptors (Lipinski definition) is 1. The van der Waals surface area contributed by atoms with Crippen LogP contribution in [-0.2, 0) is 4.79 Å². The molecule has 1 aliphatic carbocycles. The fraction of sp³-hybridized carbons (Fsp3) is 0.917. The second-order valence-corrected chi connectivity index (χ2v) is 5.45. The van der Waals surface area contributed by atoms with E-state index in [2.05, 4.69) is 20.8 Å². The lowest BCUT2D eigenvalue weighted by atomic mass is 9.61. The highest BCUT2D eigenvalue weighted by atomic mass is 16.4. The van der Waals surface area contributed by atoms with Gasteiger partial charge in [0.15, 0.2) is 0 Å². The summed E-state index contributed by atoms with van der Waals surface area (Å²) in [6.45, 7) is 8.57. The molecule has 14 heavy (non-hydrogen) atoms. The summed E-state index contributed by atoms with van der Waals surface area (Å²) in [6, 6.07) is 0. The summed E-state index contributed by atoms with van der Waals surface area (Å²) >= 11 is 0. The highest BCUT2D eigenvalue weighted by Crippen LogP contribution is 2.57. The Morgan fingerprint density at radius 3 is 2.21 bits per heavy atom. The number of carboxylic acid groups (broad SMARTS) is 1. The third-order valence-corrected chi connectivity index (χ3v) is 4.52. The van der Waals surface area contributed by atoms with Crippen LogP contribution in [0.1, 0.15) is 53.4 Å². The van der Waals surface area contributed by atoms with Gasteiger partial charge in [-0.1, -0.05) is 34.1 Å². The predicted molar refractivity (Wildman–Crippen MR) is 57.2 cm³/mol. The van der Waals surface area contributed by atoms with E-state index in [1.165, 1.54) is 6.42 Å². The van der Waals surface area contributed by atoms with E-state index in [0.717, 1.165) is 19.3 Å². The SMILES string of the molecule is CCC(C(=O)O)C1(C)CCCC1(C)C. The van der Waals surface area contributed by atoms with Crippen molar-refractivity contribution in [2.45, 2.75) is 53.4 Å². The molecule has 82 valence electrons. The van der Waals surface area contributed by atoms with Gasteiger partial charge in [-0.2, -0.15) is 0 Å². The zero-order valence-electron chi connectivity index (χ0n) is 9.76. The van der Waals surface area contributed by atoms with Crippen molar-refractivity contribution in [3.63, 3.8) is 0 Å². The molecule has 2 atom stereocenters. The van der Waals surface area contributed by atoms with Crippen molar-refractivity contribution in [2.75, 3.05) is 0 Å². The van der Waals surface area contributed by atoms with E-state index in [-0.39, 0.29) is 16.7 Å². The average molecular weight is 198 g/mol. The van der Waals surface area contributed by atoms with Gasteiger partial charge in [-0.3, -0.25) is 4.79 Å². The van der Waals surface area contributed by atoms with Crippen LogP contribution in [0.4, 0.5) is 0 Å². The van der Waals surface area contributed by atoms with Crippen molar-refractivity contribution in [1.82, 2.24) is 0 Å². The summed E-state index contributed by atoms with van der Waals surface area (Å²) in [6.07, 6.45) is 4.14. The highest BCUT2D eigenvalue weighted by molar-refractivity contribution is 5.71. The molecule has 2 unspecified atom stereocenters. The standard InChI is InChI=1S/C12H22O2/c1-5-9(10(13)14)12(4)8-6-7-11(12,2)3/h9H,5-8H2,1-4H3,(H,13,14). The van der Waals surface area contributed by atoms with E-state index >= 15 is 0 Å². The second kappa shape index (κ2) is 3.56. The topological polar surface area (TPSA) is 37.3 Å². The van der Waals surface area contributed by atoms with Crippen molar-refractivity contribution in [2.24, 2.45) is 16.7 Å². The summed E-state index contributed by atoms with van der Waals surface area (Å²) in [5.74, 6) is -0.801. The molecule has 2 nitrogen and oxygen atoms in total. The molecule has 1 aliphatic rings. The highest BCUT2D eigenvalue weighted by Gasteiger charge is 2.51. The first kappa shape index (κ1) is 11.5. The summed E-state index contributed by atoms with van der Waals surface area (Å²) in [7, 11) is 0. The average Bonchev–Trinajstić information content (AvgIpc) is 2.27. The molecule has 0 aromatic heterocycles. The summed E-state index contributed by atoms with van der Waals surface area (Å²) in [5.41, 5.74) is 0.152. The molecule has 0 amide bonds. The van der Waals surface area contributed by atoms with Crippen LogP contribution in [0.3, 0.4) is 0 Å². The van der Waals surface area contributed by atoms with Crippen LogP contribution in [0.25, 0.3) is 0 Å². The molecule has 0 spiro atoms. The Labute approximate surface area is 86.7 Å². The quantitative estimate of drug-likeness (QED) is 0.755. The van der Waals surface area contributed by atoms with Crippen LogP contribution in [-0.4, -0.2) is 11.1 Å². The number of carbonyl (C=O) groups is 1. The van der Waals surface area contributed by atoms with Crippen LogP contribution >= 0.6 is 0 Å². The largest absolute Gasteiger partial charge is 0.481 e. The Kier molecular flexibility index (Phi) is 2.93. The maximum atomic E-state index is 11.2. The number of carboxylic acids is 1. The Morgan fingerprint density at radius 2 is 1.93 bits per heavy atom. The minimum absolute atomic E-state index is 0.0203. The minimum atomic E-state index is -0.620. The van der Waals surface area contributed by atoms with E-state index in [1.807, 2.05) is 6.92 Å². The van der Waals surface area contributed by atoms with E-state index in [4.69, 9.17) is 0 Å². The monoisotopic (exact) mass is 198 g/mol. The van der Waals surface area contributed by atoms with Crippen LogP contribution in [0.2, 0.25) is 0 Å². The van der Waals surface area contributed by atoms with Gasteiger partial charge in [-0.15, -0.1) is 0 Å². The van der Waals surface area contributed by atoms with Crippen molar-refractivity contribution < 1.29 is 9.90 Å². The zero-order valence-corrected chi connectivity index (χ0v) is 9.76. The fourth-order valence-corrected chi connectivity index (χ4v) is 3.07. The van der Waals surface area contributed by atoms with Crippen molar-refractivity contribution in [3.8, 4) is 0 Å². The van der Waals surface area contributed by atoms with Gasteiger partial charge in [-0.05, 0) is 30.1 Å². The lowest BCUT2D eigenvalue weighted by Gasteiger charge is -2.42. The van der Waals surface area contributed by atoms with Crippen molar-refractivity contribution >= 4 is 5.97 Å². The predicted octanol–water partition coefficient (Wildman–Crippen LogP) is 3.31. The van der Waals surface area contributed by atoms with Crippen LogP contribution in [0.15, 0.2) is 0 Å². The molecule has 2 heteroatoms. The lowest BCUT2D eigenvalue weighted by Crippen LogP contribution is -2.40. The summed E-state index contributed by atoms with van der Waals surface area (Å²) in [4.78, 5) is 11.2. The van der Waals surface area contributed by atoms with Gasteiger partial charge in [0.25, 0.3) is 0 Å². The van der Waals surface area contributed by atoms with E-state index in [9.17, 15) is 9.90 Å². The minimum Gasteiger partial charge on any atom is -0.481 e. The molecule has 0 heterocycles. The maximum absolute atomic E-state index is 11.2. The second-order valence-electron chi connectivity index (χ2n) is 5.45. The molecular weight excluding hydrogens is 176 g/mol. The molecule has 0 saturated heterocycles. The van der Waals surface area contributed by atoms with Gasteiger partial charge in [0.2, 0.25) is 0 Å². The third kappa shape index (κ3) is 1.55. The molecule has 0 bridgehead atoms. The molecular formula is C12H22O2. The summed E-state index contributed by atoms with van der Waals surface area (Å²) < 4.78 is 0. The van der Waals surface area contributed by atoms with Crippen molar-refractivity contribution in [1.29, 1.82) is 0 Å². The summed E-state index contributed by atoms with van der Waals surface area (Å²) in [5, 5.41) is 9.23. The van der Waals surface area contributed by atoms with E-state index in [0.29, 0.717) is 0 Å². The van der Waals surface area contributed by atoms with E-state index in [1.54, 1.807) is 0 Å². The molecule has 0 aromatic carbocycles. The molecule has 0 radical (unpaired) electrons. The first-order chi connectivity index (χ1) is 6.35. The maximum Gasteiger partial charge on any atom is 0.307 e. The molecule has 0 aliphatic heterocycles. The van der Waals surface area contributed by atoms with Crippen LogP contribution < -0.4 is 0 Å². The first-order valence-corrected chi connectivity index (χ1v) is 5.58. The van der Waals surface area contributed by atoms with Crippen LogP contribution in [0.5, 0.6) is 0 Å². The van der Waals surface area contributed by atoms with Gasteiger partial charge < -0.3 is 5.11 Å². The van der Waals surface area contributed by atoms with Gasteiger partial charge >= 0.3 is 5.97 Å². The number of hydrogen-bond donors (Lipinski definition) is 1. The molecule has 1 saturated carbocycles. The van der Waals surface area contributed by atoms with Crippen LogP contribution in [0, 0.1) is 16.7 Å². The molecule has 1 N–H and O–H groups in total. The smallest absolute Gasteiger partial charge is 0.307 e. The molecule has 0 aromatic rings. The Balaban J connectivity index is 2.97. The van der Waals surface area contributed by atoms with Gasteiger partial charge in [0, 0.05) is 0 Å². The van der Waals surface area contributed by atoms with Gasteiger partial charge in [0.1, 0.15) is 0 Å². The first-order valence-electron chi connectivity index (χ1n) is 5.58. The zero-order chi connectivity index (χ0) is 11.0. The number of rotatable bonds is 3. The van der Waals surface area contributed by atoms with Crippen molar-refractivity contribution in [3.05, 3.63) is 0 Å². The number of aliphatic carboxylic acids is 1. The molecule has 1 rings (SSSR count). The fourth-order valence-electron chi connectivity index (χ4n) is 3.07. The third-order valence-electron chi connectivity index (χ3n) is 4.52. The van der Waals surface area contributed by atoms with Gasteiger partial charge in [-0.25, -0.2) is 0 Å². The van der Waals surface area contributed by atoms with E-state index < -0.39 is 5.97 Å².